The highest BCUT2D eigenvalue weighted by Gasteiger charge is 2.23. The summed E-state index contributed by atoms with van der Waals surface area (Å²) in [7, 11) is -3.92. The average Bonchev–Trinajstić information content (AvgIpc) is 3.31. The molecule has 1 heterocycles. The zero-order chi connectivity index (χ0) is 22.3. The zero-order valence-corrected chi connectivity index (χ0v) is 18.1. The molecule has 0 spiro atoms. The Morgan fingerprint density at radius 3 is 2.59 bits per heavy atom. The maximum atomic E-state index is 13.1. The standard InChI is InChI=1S/C23H16FN3O3S2/c24-16-8-10-18(11-9-16)32(29,30)27-17-6-3-5-15(12-17)22(28)26-23-25-21-19-7-2-1-4-14(19)13-20(21)31-23/h1-12,27H,13H2,(H,25,26,28). The summed E-state index contributed by atoms with van der Waals surface area (Å²) in [6, 6.07) is 18.7. The first-order valence-corrected chi connectivity index (χ1v) is 12.0. The number of nitrogens with one attached hydrogen (secondary N) is 2. The van der Waals surface area contributed by atoms with Crippen molar-refractivity contribution >= 4 is 38.1 Å². The van der Waals surface area contributed by atoms with Crippen molar-refractivity contribution in [2.24, 2.45) is 0 Å². The number of rotatable bonds is 5. The van der Waals surface area contributed by atoms with Gasteiger partial charge in [0.15, 0.2) is 5.13 Å². The van der Waals surface area contributed by atoms with E-state index >= 15 is 0 Å². The Morgan fingerprint density at radius 1 is 1.00 bits per heavy atom. The predicted molar refractivity (Wildman–Crippen MR) is 122 cm³/mol. The quantitative estimate of drug-likeness (QED) is 0.386. The third kappa shape index (κ3) is 3.88. The van der Waals surface area contributed by atoms with Gasteiger partial charge in [-0.05, 0) is 48.0 Å². The second kappa shape index (κ2) is 7.85. The van der Waals surface area contributed by atoms with E-state index in [9.17, 15) is 17.6 Å². The summed E-state index contributed by atoms with van der Waals surface area (Å²) in [4.78, 5) is 18.3. The average molecular weight is 466 g/mol. The Bertz CT molecular complexity index is 1450. The number of nitrogens with zero attached hydrogens (tertiary/aromatic N) is 1. The van der Waals surface area contributed by atoms with Gasteiger partial charge >= 0.3 is 0 Å². The summed E-state index contributed by atoms with van der Waals surface area (Å²) in [5, 5.41) is 3.29. The van der Waals surface area contributed by atoms with Gasteiger partial charge in [-0.1, -0.05) is 30.3 Å². The third-order valence-corrected chi connectivity index (χ3v) is 7.41. The number of hydrogen-bond acceptors (Lipinski definition) is 5. The van der Waals surface area contributed by atoms with Gasteiger partial charge in [0.2, 0.25) is 0 Å². The highest BCUT2D eigenvalue weighted by molar-refractivity contribution is 7.92. The molecule has 6 nitrogen and oxygen atoms in total. The fraction of sp³-hybridized carbons (Fsp3) is 0.0435. The second-order valence-electron chi connectivity index (χ2n) is 7.22. The molecule has 5 rings (SSSR count). The highest BCUT2D eigenvalue weighted by atomic mass is 32.2. The number of thiazole rings is 1. The highest BCUT2D eigenvalue weighted by Crippen LogP contribution is 2.40. The minimum absolute atomic E-state index is 0.0775. The number of benzene rings is 3. The molecule has 0 saturated carbocycles. The van der Waals surface area contributed by atoms with E-state index in [0.29, 0.717) is 5.13 Å². The van der Waals surface area contributed by atoms with E-state index < -0.39 is 21.7 Å². The molecular weight excluding hydrogens is 449 g/mol. The second-order valence-corrected chi connectivity index (χ2v) is 9.99. The molecule has 9 heteroatoms. The van der Waals surface area contributed by atoms with Crippen LogP contribution in [0.25, 0.3) is 11.3 Å². The maximum Gasteiger partial charge on any atom is 0.261 e. The van der Waals surface area contributed by atoms with Gasteiger partial charge in [0.05, 0.1) is 10.6 Å². The van der Waals surface area contributed by atoms with E-state index in [2.05, 4.69) is 21.1 Å². The molecule has 3 aromatic carbocycles. The monoisotopic (exact) mass is 465 g/mol. The van der Waals surface area contributed by atoms with Gasteiger partial charge in [-0.25, -0.2) is 17.8 Å². The van der Waals surface area contributed by atoms with Crippen LogP contribution in [0.4, 0.5) is 15.2 Å². The Hall–Kier alpha value is -3.56. The van der Waals surface area contributed by atoms with Crippen molar-refractivity contribution in [3.05, 3.63) is 94.6 Å². The van der Waals surface area contributed by atoms with Crippen LogP contribution in [0.5, 0.6) is 0 Å². The van der Waals surface area contributed by atoms with Crippen molar-refractivity contribution < 1.29 is 17.6 Å². The molecule has 0 unspecified atom stereocenters. The molecular formula is C23H16FN3O3S2. The molecule has 160 valence electrons. The van der Waals surface area contributed by atoms with Gasteiger partial charge in [0.25, 0.3) is 15.9 Å². The maximum absolute atomic E-state index is 13.1. The first-order chi connectivity index (χ1) is 15.4. The summed E-state index contributed by atoms with van der Waals surface area (Å²) in [6.45, 7) is 0. The van der Waals surface area contributed by atoms with E-state index in [1.165, 1.54) is 41.2 Å². The Labute approximate surface area is 187 Å². The Morgan fingerprint density at radius 2 is 1.78 bits per heavy atom. The first kappa shape index (κ1) is 20.3. The molecule has 1 amide bonds. The summed E-state index contributed by atoms with van der Waals surface area (Å²) in [5.74, 6) is -0.923. The van der Waals surface area contributed by atoms with E-state index in [1.807, 2.05) is 18.2 Å². The van der Waals surface area contributed by atoms with Crippen LogP contribution < -0.4 is 10.0 Å². The SMILES string of the molecule is O=C(Nc1nc2c(s1)Cc1ccccc1-2)c1cccc(NS(=O)(=O)c2ccc(F)cc2)c1. The van der Waals surface area contributed by atoms with Crippen LogP contribution in [0, 0.1) is 5.82 Å². The van der Waals surface area contributed by atoms with Crippen LogP contribution in [0.2, 0.25) is 0 Å². The van der Waals surface area contributed by atoms with Crippen molar-refractivity contribution in [1.29, 1.82) is 0 Å². The molecule has 0 fully saturated rings. The first-order valence-electron chi connectivity index (χ1n) is 9.67. The molecule has 1 aliphatic rings. The molecule has 0 aliphatic heterocycles. The normalized spacial score (nSPS) is 12.2. The lowest BCUT2D eigenvalue weighted by molar-refractivity contribution is 0.102. The summed E-state index contributed by atoms with van der Waals surface area (Å²) < 4.78 is 40.5. The number of fused-ring (bicyclic) bond motifs is 3. The van der Waals surface area contributed by atoms with Crippen LogP contribution in [0.15, 0.2) is 77.7 Å². The van der Waals surface area contributed by atoms with Crippen molar-refractivity contribution in [2.75, 3.05) is 10.0 Å². The number of halogens is 1. The largest absolute Gasteiger partial charge is 0.298 e. The van der Waals surface area contributed by atoms with Crippen molar-refractivity contribution in [3.63, 3.8) is 0 Å². The van der Waals surface area contributed by atoms with Gasteiger partial charge in [0.1, 0.15) is 5.82 Å². The van der Waals surface area contributed by atoms with Crippen LogP contribution in [-0.2, 0) is 16.4 Å². The van der Waals surface area contributed by atoms with Crippen LogP contribution in [0.1, 0.15) is 20.8 Å². The molecule has 1 aromatic heterocycles. The van der Waals surface area contributed by atoms with Gasteiger partial charge in [-0.15, -0.1) is 11.3 Å². The fourth-order valence-electron chi connectivity index (χ4n) is 3.53. The number of carbonyl (C=O) groups excluding carboxylic acids is 1. The van der Waals surface area contributed by atoms with Gasteiger partial charge < -0.3 is 0 Å². The number of amides is 1. The van der Waals surface area contributed by atoms with Gasteiger partial charge in [0, 0.05) is 28.1 Å². The third-order valence-electron chi connectivity index (χ3n) is 5.04. The molecule has 1 aliphatic carbocycles. The summed E-state index contributed by atoms with van der Waals surface area (Å²) >= 11 is 1.43. The summed E-state index contributed by atoms with van der Waals surface area (Å²) in [5.41, 5.74) is 3.69. The zero-order valence-electron chi connectivity index (χ0n) is 16.5. The minimum Gasteiger partial charge on any atom is -0.298 e. The number of hydrogen-bond donors (Lipinski definition) is 2. The smallest absolute Gasteiger partial charge is 0.261 e. The van der Waals surface area contributed by atoms with Crippen LogP contribution >= 0.6 is 11.3 Å². The molecule has 0 atom stereocenters. The van der Waals surface area contributed by atoms with E-state index in [1.54, 1.807) is 12.1 Å². The molecule has 0 saturated heterocycles. The molecule has 0 bridgehead atoms. The van der Waals surface area contributed by atoms with E-state index in [0.717, 1.165) is 34.7 Å². The van der Waals surface area contributed by atoms with Crippen molar-refractivity contribution in [2.45, 2.75) is 11.3 Å². The Balaban J connectivity index is 1.33. The molecule has 4 aromatic rings. The van der Waals surface area contributed by atoms with Crippen molar-refractivity contribution in [3.8, 4) is 11.3 Å². The van der Waals surface area contributed by atoms with Crippen LogP contribution in [0.3, 0.4) is 0 Å². The molecule has 0 radical (unpaired) electrons. The van der Waals surface area contributed by atoms with E-state index in [4.69, 9.17) is 0 Å². The lowest BCUT2D eigenvalue weighted by Gasteiger charge is -2.09. The molecule has 2 N–H and O–H groups in total. The Kier molecular flexibility index (Phi) is 4.99. The number of carbonyl (C=O) groups is 1. The summed E-state index contributed by atoms with van der Waals surface area (Å²) in [6.07, 6.45) is 0.791. The lowest BCUT2D eigenvalue weighted by atomic mass is 10.1. The number of sulfonamides is 1. The van der Waals surface area contributed by atoms with Gasteiger partial charge in [-0.2, -0.15) is 0 Å². The number of anilines is 2. The minimum atomic E-state index is -3.92. The van der Waals surface area contributed by atoms with E-state index in [-0.39, 0.29) is 16.1 Å². The number of aromatic nitrogens is 1. The fourth-order valence-corrected chi connectivity index (χ4v) is 5.58. The van der Waals surface area contributed by atoms with Crippen molar-refractivity contribution in [1.82, 2.24) is 4.98 Å². The predicted octanol–water partition coefficient (Wildman–Crippen LogP) is 4.91. The topological polar surface area (TPSA) is 88.2 Å². The lowest BCUT2D eigenvalue weighted by Crippen LogP contribution is -2.15. The van der Waals surface area contributed by atoms with Crippen LogP contribution in [-0.4, -0.2) is 19.3 Å². The van der Waals surface area contributed by atoms with Gasteiger partial charge in [-0.3, -0.25) is 14.8 Å². The molecule has 32 heavy (non-hydrogen) atoms.